The molecule has 2 heterocycles. The number of pyridine rings is 1. The van der Waals surface area contributed by atoms with Crippen LogP contribution in [0.1, 0.15) is 16.1 Å². The quantitative estimate of drug-likeness (QED) is 0.701. The van der Waals surface area contributed by atoms with E-state index < -0.39 is 17.9 Å². The summed E-state index contributed by atoms with van der Waals surface area (Å²) in [6.45, 7) is 0. The summed E-state index contributed by atoms with van der Waals surface area (Å²) in [5, 5.41) is 11.6. The van der Waals surface area contributed by atoms with E-state index >= 15 is 0 Å². The van der Waals surface area contributed by atoms with Crippen molar-refractivity contribution in [3.63, 3.8) is 0 Å². The molecule has 0 spiro atoms. The highest BCUT2D eigenvalue weighted by molar-refractivity contribution is 5.96. The van der Waals surface area contributed by atoms with Crippen LogP contribution in [0.4, 0.5) is 0 Å². The van der Waals surface area contributed by atoms with Gasteiger partial charge in [0.05, 0.1) is 19.0 Å². The lowest BCUT2D eigenvalue weighted by Crippen LogP contribution is -2.42. The molecule has 0 aromatic carbocycles. The molecule has 3 N–H and O–H groups in total. The van der Waals surface area contributed by atoms with Crippen LogP contribution in [0.3, 0.4) is 0 Å². The molecule has 110 valence electrons. The predicted octanol–water partition coefficient (Wildman–Crippen LogP) is 0.239. The zero-order chi connectivity index (χ0) is 15.2. The average molecular weight is 290 g/mol. The minimum atomic E-state index is -1.13. The van der Waals surface area contributed by atoms with Gasteiger partial charge in [0.25, 0.3) is 5.91 Å². The van der Waals surface area contributed by atoms with Crippen molar-refractivity contribution in [3.05, 3.63) is 42.1 Å². The predicted molar refractivity (Wildman–Crippen MR) is 72.0 cm³/mol. The Balaban J connectivity index is 2.05. The zero-order valence-electron chi connectivity index (χ0n) is 11.2. The van der Waals surface area contributed by atoms with Crippen molar-refractivity contribution >= 4 is 11.9 Å². The molecule has 0 radical (unpaired) electrons. The molecule has 0 aliphatic heterocycles. The number of nitrogens with one attached hydrogen (secondary N) is 2. The number of aliphatic carboxylic acids is 1. The molecule has 1 atom stereocenters. The summed E-state index contributed by atoms with van der Waals surface area (Å²) in [4.78, 5) is 33.7. The van der Waals surface area contributed by atoms with Crippen LogP contribution in [0.15, 0.2) is 30.9 Å². The summed E-state index contributed by atoms with van der Waals surface area (Å²) < 4.78 is 4.89. The first kappa shape index (κ1) is 14.5. The van der Waals surface area contributed by atoms with Gasteiger partial charge >= 0.3 is 5.97 Å². The molecule has 2 rings (SSSR count). The van der Waals surface area contributed by atoms with Gasteiger partial charge in [0.15, 0.2) is 0 Å². The molecule has 1 amide bonds. The van der Waals surface area contributed by atoms with Crippen LogP contribution < -0.4 is 10.1 Å². The van der Waals surface area contributed by atoms with E-state index in [1.54, 1.807) is 0 Å². The summed E-state index contributed by atoms with van der Waals surface area (Å²) in [5.74, 6) is -1.27. The van der Waals surface area contributed by atoms with Gasteiger partial charge in [-0.05, 0) is 6.07 Å². The van der Waals surface area contributed by atoms with Crippen LogP contribution >= 0.6 is 0 Å². The fourth-order valence-electron chi connectivity index (χ4n) is 1.69. The Morgan fingerprint density at radius 1 is 1.43 bits per heavy atom. The van der Waals surface area contributed by atoms with Gasteiger partial charge in [0, 0.05) is 30.6 Å². The Morgan fingerprint density at radius 2 is 2.24 bits per heavy atom. The van der Waals surface area contributed by atoms with E-state index in [1.165, 1.54) is 38.0 Å². The van der Waals surface area contributed by atoms with Crippen molar-refractivity contribution in [1.29, 1.82) is 0 Å². The lowest BCUT2D eigenvalue weighted by Gasteiger charge is -2.13. The first-order valence-electron chi connectivity index (χ1n) is 6.11. The lowest BCUT2D eigenvalue weighted by atomic mass is 10.1. The number of carbonyl (C=O) groups is 2. The third kappa shape index (κ3) is 3.78. The number of hydrogen-bond donors (Lipinski definition) is 3. The maximum absolute atomic E-state index is 12.0. The third-order valence-electron chi connectivity index (χ3n) is 2.79. The maximum atomic E-state index is 12.0. The number of carboxylic acids is 1. The molecule has 2 aromatic heterocycles. The van der Waals surface area contributed by atoms with Gasteiger partial charge in [-0.15, -0.1) is 0 Å². The molecule has 21 heavy (non-hydrogen) atoms. The SMILES string of the molecule is COc1ccc(C(=O)N[C@H](Cc2cnc[nH]2)C(=O)O)cn1. The molecule has 0 fully saturated rings. The highest BCUT2D eigenvalue weighted by Gasteiger charge is 2.21. The molecule has 0 aliphatic carbocycles. The molecule has 8 nitrogen and oxygen atoms in total. The van der Waals surface area contributed by atoms with Gasteiger partial charge in [-0.3, -0.25) is 4.79 Å². The summed E-state index contributed by atoms with van der Waals surface area (Å²) in [7, 11) is 1.47. The Labute approximate surface area is 120 Å². The number of methoxy groups -OCH3 is 1. The number of amides is 1. The summed E-state index contributed by atoms with van der Waals surface area (Å²) >= 11 is 0. The summed E-state index contributed by atoms with van der Waals surface area (Å²) in [6.07, 6.45) is 4.40. The molecule has 8 heteroatoms. The number of aromatic nitrogens is 3. The topological polar surface area (TPSA) is 117 Å². The molecule has 0 unspecified atom stereocenters. The number of carbonyl (C=O) groups excluding carboxylic acids is 1. The number of rotatable bonds is 6. The molecule has 0 aliphatic rings. The molecule has 0 saturated carbocycles. The molecule has 0 bridgehead atoms. The van der Waals surface area contributed by atoms with Gasteiger partial charge < -0.3 is 20.1 Å². The van der Waals surface area contributed by atoms with E-state index in [0.29, 0.717) is 11.6 Å². The van der Waals surface area contributed by atoms with Gasteiger partial charge in [-0.1, -0.05) is 0 Å². The van der Waals surface area contributed by atoms with Crippen molar-refractivity contribution < 1.29 is 19.4 Å². The average Bonchev–Trinajstić information content (AvgIpc) is 2.99. The van der Waals surface area contributed by atoms with Gasteiger partial charge in [-0.2, -0.15) is 0 Å². The van der Waals surface area contributed by atoms with Gasteiger partial charge in [-0.25, -0.2) is 14.8 Å². The number of hydrogen-bond acceptors (Lipinski definition) is 5. The first-order valence-corrected chi connectivity index (χ1v) is 6.11. The fraction of sp³-hybridized carbons (Fsp3) is 0.231. The number of ether oxygens (including phenoxy) is 1. The van der Waals surface area contributed by atoms with Gasteiger partial charge in [0.2, 0.25) is 5.88 Å². The Morgan fingerprint density at radius 3 is 2.76 bits per heavy atom. The Bertz CT molecular complexity index is 610. The highest BCUT2D eigenvalue weighted by Crippen LogP contribution is 2.07. The third-order valence-corrected chi connectivity index (χ3v) is 2.79. The number of carboxylic acid groups (broad SMARTS) is 1. The molecule has 0 saturated heterocycles. The lowest BCUT2D eigenvalue weighted by molar-refractivity contribution is -0.139. The van der Waals surface area contributed by atoms with E-state index in [9.17, 15) is 9.59 Å². The molecular weight excluding hydrogens is 276 g/mol. The van der Waals surface area contributed by atoms with Crippen molar-refractivity contribution in [2.24, 2.45) is 0 Å². The second-order valence-electron chi connectivity index (χ2n) is 4.23. The second kappa shape index (κ2) is 6.51. The Hall–Kier alpha value is -2.90. The van der Waals surface area contributed by atoms with Crippen LogP contribution in [0.25, 0.3) is 0 Å². The smallest absolute Gasteiger partial charge is 0.326 e. The Kier molecular flexibility index (Phi) is 4.50. The van der Waals surface area contributed by atoms with Crippen LogP contribution in [-0.4, -0.2) is 45.1 Å². The van der Waals surface area contributed by atoms with Crippen LogP contribution in [0.2, 0.25) is 0 Å². The van der Waals surface area contributed by atoms with E-state index in [4.69, 9.17) is 9.84 Å². The standard InChI is InChI=1S/C13H14N4O4/c1-21-11-3-2-8(5-15-11)12(18)17-10(13(19)20)4-9-6-14-7-16-9/h2-3,5-7,10H,4H2,1H3,(H,14,16)(H,17,18)(H,19,20)/t10-/m1/s1. The highest BCUT2D eigenvalue weighted by atomic mass is 16.5. The number of H-pyrrole nitrogens is 1. The number of nitrogens with zero attached hydrogens (tertiary/aromatic N) is 2. The minimum absolute atomic E-state index is 0.116. The first-order chi connectivity index (χ1) is 10.1. The second-order valence-corrected chi connectivity index (χ2v) is 4.23. The minimum Gasteiger partial charge on any atom is -0.481 e. The van der Waals surface area contributed by atoms with E-state index in [-0.39, 0.29) is 12.0 Å². The van der Waals surface area contributed by atoms with E-state index in [0.717, 1.165) is 0 Å². The van der Waals surface area contributed by atoms with Crippen LogP contribution in [0.5, 0.6) is 5.88 Å². The van der Waals surface area contributed by atoms with Crippen molar-refractivity contribution in [3.8, 4) is 5.88 Å². The van der Waals surface area contributed by atoms with Crippen LogP contribution in [-0.2, 0) is 11.2 Å². The largest absolute Gasteiger partial charge is 0.481 e. The maximum Gasteiger partial charge on any atom is 0.326 e. The van der Waals surface area contributed by atoms with Crippen molar-refractivity contribution in [1.82, 2.24) is 20.3 Å². The van der Waals surface area contributed by atoms with Crippen molar-refractivity contribution in [2.45, 2.75) is 12.5 Å². The normalized spacial score (nSPS) is 11.7. The van der Waals surface area contributed by atoms with E-state index in [2.05, 4.69) is 20.3 Å². The van der Waals surface area contributed by atoms with E-state index in [1.807, 2.05) is 0 Å². The van der Waals surface area contributed by atoms with Gasteiger partial charge in [0.1, 0.15) is 6.04 Å². The number of aromatic amines is 1. The summed E-state index contributed by atoms with van der Waals surface area (Å²) in [6, 6.07) is 1.98. The molecule has 2 aromatic rings. The van der Waals surface area contributed by atoms with Crippen LogP contribution in [0, 0.1) is 0 Å². The fourth-order valence-corrected chi connectivity index (χ4v) is 1.69. The molecular formula is C13H14N4O4. The summed E-state index contributed by atoms with van der Waals surface area (Å²) in [5.41, 5.74) is 0.877. The zero-order valence-corrected chi connectivity index (χ0v) is 11.2. The number of imidazole rings is 1. The van der Waals surface area contributed by atoms with Crippen molar-refractivity contribution in [2.75, 3.05) is 7.11 Å². The monoisotopic (exact) mass is 290 g/mol.